The monoisotopic (exact) mass is 452 g/mol. The first-order valence-corrected chi connectivity index (χ1v) is 12.3. The Kier molecular flexibility index (Phi) is 7.80. The summed E-state index contributed by atoms with van der Waals surface area (Å²) < 4.78 is 0. The van der Waals surface area contributed by atoms with E-state index in [0.29, 0.717) is 11.5 Å². The van der Waals surface area contributed by atoms with Crippen LogP contribution in [0.3, 0.4) is 0 Å². The van der Waals surface area contributed by atoms with Gasteiger partial charge in [-0.3, -0.25) is 0 Å². The molecule has 0 saturated carbocycles. The van der Waals surface area contributed by atoms with Crippen molar-refractivity contribution in [2.45, 2.75) is 52.4 Å². The molecule has 2 fully saturated rings. The van der Waals surface area contributed by atoms with Crippen LogP contribution >= 0.6 is 0 Å². The van der Waals surface area contributed by atoms with Gasteiger partial charge in [0.1, 0.15) is 5.75 Å². The first-order valence-electron chi connectivity index (χ1n) is 12.3. The van der Waals surface area contributed by atoms with E-state index in [4.69, 9.17) is 4.98 Å². The van der Waals surface area contributed by atoms with Gasteiger partial charge in [0.2, 0.25) is 17.8 Å². The lowest BCUT2D eigenvalue weighted by Crippen LogP contribution is -2.34. The third-order valence-electron chi connectivity index (χ3n) is 6.40. The molecule has 2 saturated heterocycles. The maximum absolute atomic E-state index is 10.5. The van der Waals surface area contributed by atoms with Gasteiger partial charge in [0.25, 0.3) is 0 Å². The van der Waals surface area contributed by atoms with Gasteiger partial charge in [-0.05, 0) is 64.5 Å². The molecular formula is C24H36N8O. The summed E-state index contributed by atoms with van der Waals surface area (Å²) in [5.74, 6) is 2.06. The molecule has 0 spiro atoms. The molecule has 2 aliphatic rings. The van der Waals surface area contributed by atoms with Crippen LogP contribution < -0.4 is 20.1 Å². The van der Waals surface area contributed by atoms with E-state index in [9.17, 15) is 5.11 Å². The molecule has 1 aromatic carbocycles. The molecule has 178 valence electrons. The molecule has 9 heteroatoms. The maximum atomic E-state index is 10.5. The molecule has 33 heavy (non-hydrogen) atoms. The van der Waals surface area contributed by atoms with Crippen LogP contribution in [0.25, 0.3) is 0 Å². The number of hydrogen-bond acceptors (Lipinski definition) is 9. The van der Waals surface area contributed by atoms with Gasteiger partial charge >= 0.3 is 0 Å². The summed E-state index contributed by atoms with van der Waals surface area (Å²) in [7, 11) is 0. The van der Waals surface area contributed by atoms with E-state index in [-0.39, 0.29) is 5.75 Å². The van der Waals surface area contributed by atoms with Crippen molar-refractivity contribution in [1.29, 1.82) is 0 Å². The van der Waals surface area contributed by atoms with Crippen molar-refractivity contribution in [3.63, 3.8) is 0 Å². The molecule has 0 radical (unpaired) electrons. The number of rotatable bonds is 8. The Labute approximate surface area is 196 Å². The van der Waals surface area contributed by atoms with Gasteiger partial charge in [0.15, 0.2) is 0 Å². The third kappa shape index (κ3) is 5.83. The highest BCUT2D eigenvalue weighted by molar-refractivity contribution is 5.84. The normalized spacial score (nSPS) is 16.9. The Morgan fingerprint density at radius 2 is 1.48 bits per heavy atom. The standard InChI is InChI=1S/C24H36N8O/c1-3-30(4-2)20-12-11-19(21(33)17-20)18-25-29-22-26-23(31-13-7-5-8-14-31)28-24(27-22)32-15-9-6-10-16-32/h11-12,17-18,33H,3-10,13-16H2,1-2H3,(H,26,27,28,29)/b25-18+. The average Bonchev–Trinajstić information content (AvgIpc) is 2.87. The Morgan fingerprint density at radius 1 is 0.909 bits per heavy atom. The van der Waals surface area contributed by atoms with Crippen molar-refractivity contribution in [2.24, 2.45) is 5.10 Å². The van der Waals surface area contributed by atoms with Crippen LogP contribution in [-0.4, -0.2) is 65.5 Å². The highest BCUT2D eigenvalue weighted by Gasteiger charge is 2.20. The zero-order valence-electron chi connectivity index (χ0n) is 19.9. The minimum absolute atomic E-state index is 0.198. The van der Waals surface area contributed by atoms with E-state index >= 15 is 0 Å². The van der Waals surface area contributed by atoms with E-state index in [0.717, 1.165) is 82.5 Å². The molecule has 0 amide bonds. The van der Waals surface area contributed by atoms with Crippen LogP contribution in [0, 0.1) is 0 Å². The second-order valence-electron chi connectivity index (χ2n) is 8.64. The van der Waals surface area contributed by atoms with Gasteiger partial charge in [-0.15, -0.1) is 0 Å². The fourth-order valence-corrected chi connectivity index (χ4v) is 4.46. The zero-order chi connectivity index (χ0) is 23.0. The van der Waals surface area contributed by atoms with E-state index in [1.165, 1.54) is 12.8 Å². The predicted molar refractivity (Wildman–Crippen MR) is 135 cm³/mol. The topological polar surface area (TPSA) is 93.0 Å². The predicted octanol–water partition coefficient (Wildman–Crippen LogP) is 3.85. The van der Waals surface area contributed by atoms with Crippen LogP contribution in [-0.2, 0) is 0 Å². The van der Waals surface area contributed by atoms with Gasteiger partial charge in [0, 0.05) is 56.6 Å². The molecule has 0 atom stereocenters. The largest absolute Gasteiger partial charge is 0.507 e. The van der Waals surface area contributed by atoms with Crippen molar-refractivity contribution >= 4 is 29.7 Å². The lowest BCUT2D eigenvalue weighted by atomic mass is 10.1. The summed E-state index contributed by atoms with van der Waals surface area (Å²) in [5, 5.41) is 14.8. The van der Waals surface area contributed by atoms with Crippen LogP contribution in [0.1, 0.15) is 57.9 Å². The molecule has 2 aliphatic heterocycles. The minimum Gasteiger partial charge on any atom is -0.507 e. The van der Waals surface area contributed by atoms with E-state index in [1.807, 2.05) is 12.1 Å². The van der Waals surface area contributed by atoms with Crippen LogP contribution in [0.4, 0.5) is 23.5 Å². The Morgan fingerprint density at radius 3 is 2.00 bits per heavy atom. The number of nitrogens with one attached hydrogen (secondary N) is 1. The Bertz CT molecular complexity index is 898. The number of anilines is 4. The van der Waals surface area contributed by atoms with Crippen molar-refractivity contribution in [3.05, 3.63) is 23.8 Å². The van der Waals surface area contributed by atoms with Crippen LogP contribution in [0.2, 0.25) is 0 Å². The number of aromatic nitrogens is 3. The quantitative estimate of drug-likeness (QED) is 0.461. The SMILES string of the molecule is CCN(CC)c1ccc(/C=N/Nc2nc(N3CCCCC3)nc(N3CCCCC3)n2)c(O)c1. The van der Waals surface area contributed by atoms with Gasteiger partial charge in [-0.2, -0.15) is 20.1 Å². The summed E-state index contributed by atoms with van der Waals surface area (Å²) in [5.41, 5.74) is 4.61. The average molecular weight is 453 g/mol. The van der Waals surface area contributed by atoms with Crippen molar-refractivity contribution in [1.82, 2.24) is 15.0 Å². The van der Waals surface area contributed by atoms with Gasteiger partial charge in [-0.1, -0.05) is 0 Å². The molecule has 0 bridgehead atoms. The van der Waals surface area contributed by atoms with Gasteiger partial charge in [0.05, 0.1) is 6.21 Å². The maximum Gasteiger partial charge on any atom is 0.250 e. The molecule has 3 heterocycles. The van der Waals surface area contributed by atoms with E-state index in [2.05, 4.69) is 49.0 Å². The Balaban J connectivity index is 1.52. The second kappa shape index (κ2) is 11.2. The smallest absolute Gasteiger partial charge is 0.250 e. The number of phenols is 1. The minimum atomic E-state index is 0.198. The van der Waals surface area contributed by atoms with E-state index in [1.54, 1.807) is 12.3 Å². The number of hydrogen-bond donors (Lipinski definition) is 2. The highest BCUT2D eigenvalue weighted by atomic mass is 16.3. The molecular weight excluding hydrogens is 416 g/mol. The lowest BCUT2D eigenvalue weighted by molar-refractivity contribution is 0.474. The number of piperidine rings is 2. The first-order chi connectivity index (χ1) is 16.2. The third-order valence-corrected chi connectivity index (χ3v) is 6.40. The molecule has 9 nitrogen and oxygen atoms in total. The summed E-state index contributed by atoms with van der Waals surface area (Å²) in [6.45, 7) is 9.87. The summed E-state index contributed by atoms with van der Waals surface area (Å²) in [6.07, 6.45) is 8.76. The van der Waals surface area contributed by atoms with Crippen molar-refractivity contribution in [2.75, 3.05) is 59.4 Å². The molecule has 0 aliphatic carbocycles. The summed E-state index contributed by atoms with van der Waals surface area (Å²) in [4.78, 5) is 20.8. The molecule has 2 aromatic rings. The van der Waals surface area contributed by atoms with E-state index < -0.39 is 0 Å². The van der Waals surface area contributed by atoms with Crippen molar-refractivity contribution in [3.8, 4) is 5.75 Å². The number of benzene rings is 1. The van der Waals surface area contributed by atoms with Gasteiger partial charge in [-0.25, -0.2) is 5.43 Å². The number of phenolic OH excluding ortho intramolecular Hbond substituents is 1. The lowest BCUT2D eigenvalue weighted by Gasteiger charge is -2.30. The zero-order valence-corrected chi connectivity index (χ0v) is 19.9. The molecule has 2 N–H and O–H groups in total. The fraction of sp³-hybridized carbons (Fsp3) is 0.583. The van der Waals surface area contributed by atoms with Crippen LogP contribution in [0.5, 0.6) is 5.75 Å². The number of nitrogens with zero attached hydrogens (tertiary/aromatic N) is 7. The summed E-state index contributed by atoms with van der Waals surface area (Å²) >= 11 is 0. The molecule has 0 unspecified atom stereocenters. The van der Waals surface area contributed by atoms with Gasteiger partial charge < -0.3 is 19.8 Å². The number of aromatic hydroxyl groups is 1. The first kappa shape index (κ1) is 23.1. The number of hydrazone groups is 1. The molecule has 1 aromatic heterocycles. The fourth-order valence-electron chi connectivity index (χ4n) is 4.46. The Hall–Kier alpha value is -3.10. The molecule has 4 rings (SSSR count). The second-order valence-corrected chi connectivity index (χ2v) is 8.64. The van der Waals surface area contributed by atoms with Crippen LogP contribution in [0.15, 0.2) is 23.3 Å². The summed E-state index contributed by atoms with van der Waals surface area (Å²) in [6, 6.07) is 5.65. The van der Waals surface area contributed by atoms with Crippen molar-refractivity contribution < 1.29 is 5.11 Å². The highest BCUT2D eigenvalue weighted by Crippen LogP contribution is 2.24.